The first-order valence-electron chi connectivity index (χ1n) is 5.87. The summed E-state index contributed by atoms with van der Waals surface area (Å²) in [5, 5.41) is 3.32. The van der Waals surface area contributed by atoms with Gasteiger partial charge in [-0.2, -0.15) is 0 Å². The normalized spacial score (nSPS) is 13.1. The van der Waals surface area contributed by atoms with Crippen LogP contribution < -0.4 is 10.9 Å². The van der Waals surface area contributed by atoms with Crippen molar-refractivity contribution in [1.29, 1.82) is 0 Å². The van der Waals surface area contributed by atoms with E-state index in [4.69, 9.17) is 0 Å². The fraction of sp³-hybridized carbons (Fsp3) is 0.667. The minimum Gasteiger partial charge on any atom is -0.366 e. The van der Waals surface area contributed by atoms with Crippen LogP contribution in [0.1, 0.15) is 19.7 Å². The molecule has 5 nitrogen and oxygen atoms in total. The zero-order chi connectivity index (χ0) is 13.0. The predicted molar refractivity (Wildman–Crippen MR) is 70.4 cm³/mol. The minimum absolute atomic E-state index is 0.118. The van der Waals surface area contributed by atoms with Crippen molar-refractivity contribution in [3.63, 3.8) is 0 Å². The number of rotatable bonds is 5. The standard InChI is InChI=1S/C12H22N4O/c1-8(2)10(7-16(4)5)15-11-6-12(17)14-9(3)13-11/h6,8,10H,7H2,1-5H3,(H2,13,14,15,17). The van der Waals surface area contributed by atoms with Gasteiger partial charge in [0.15, 0.2) is 0 Å². The molecule has 0 aromatic carbocycles. The topological polar surface area (TPSA) is 61.0 Å². The molecule has 2 N–H and O–H groups in total. The number of H-pyrrole nitrogens is 1. The number of anilines is 1. The summed E-state index contributed by atoms with van der Waals surface area (Å²) in [6, 6.07) is 1.77. The Hall–Kier alpha value is -1.36. The molecule has 0 saturated carbocycles. The molecule has 0 bridgehead atoms. The van der Waals surface area contributed by atoms with Crippen LogP contribution in [-0.4, -0.2) is 41.5 Å². The van der Waals surface area contributed by atoms with Gasteiger partial charge in [0.25, 0.3) is 5.56 Å². The van der Waals surface area contributed by atoms with Crippen molar-refractivity contribution in [2.45, 2.75) is 26.8 Å². The highest BCUT2D eigenvalue weighted by Gasteiger charge is 2.14. The van der Waals surface area contributed by atoms with Crippen molar-refractivity contribution < 1.29 is 0 Å². The van der Waals surface area contributed by atoms with Crippen molar-refractivity contribution in [2.75, 3.05) is 26.0 Å². The van der Waals surface area contributed by atoms with Crippen LogP contribution in [0, 0.1) is 12.8 Å². The number of hydrogen-bond acceptors (Lipinski definition) is 4. The van der Waals surface area contributed by atoms with E-state index in [1.54, 1.807) is 6.92 Å². The zero-order valence-electron chi connectivity index (χ0n) is 11.2. The van der Waals surface area contributed by atoms with Crippen molar-refractivity contribution >= 4 is 5.82 Å². The summed E-state index contributed by atoms with van der Waals surface area (Å²) >= 11 is 0. The molecule has 0 spiro atoms. The van der Waals surface area contributed by atoms with Gasteiger partial charge in [0.1, 0.15) is 11.6 Å². The fourth-order valence-corrected chi connectivity index (χ4v) is 1.66. The molecule has 17 heavy (non-hydrogen) atoms. The smallest absolute Gasteiger partial charge is 0.252 e. The van der Waals surface area contributed by atoms with Gasteiger partial charge in [-0.15, -0.1) is 0 Å². The summed E-state index contributed by atoms with van der Waals surface area (Å²) in [4.78, 5) is 20.4. The van der Waals surface area contributed by atoms with E-state index >= 15 is 0 Å². The highest BCUT2D eigenvalue weighted by Crippen LogP contribution is 2.09. The molecule has 5 heteroatoms. The number of aromatic amines is 1. The Morgan fingerprint density at radius 2 is 2.12 bits per heavy atom. The van der Waals surface area contributed by atoms with Crippen LogP contribution in [0.3, 0.4) is 0 Å². The van der Waals surface area contributed by atoms with Crippen LogP contribution in [0.25, 0.3) is 0 Å². The first-order valence-corrected chi connectivity index (χ1v) is 5.87. The molecule has 0 aliphatic carbocycles. The molecule has 0 aliphatic rings. The molecule has 0 saturated heterocycles. The number of nitrogens with one attached hydrogen (secondary N) is 2. The Balaban J connectivity index is 2.82. The van der Waals surface area contributed by atoms with Gasteiger partial charge in [-0.3, -0.25) is 4.79 Å². The van der Waals surface area contributed by atoms with Gasteiger partial charge in [0, 0.05) is 18.7 Å². The van der Waals surface area contributed by atoms with E-state index in [2.05, 4.69) is 34.0 Å². The quantitative estimate of drug-likeness (QED) is 0.805. The lowest BCUT2D eigenvalue weighted by molar-refractivity contribution is 0.344. The Morgan fingerprint density at radius 3 is 2.59 bits per heavy atom. The maximum atomic E-state index is 11.3. The molecule has 0 amide bonds. The molecule has 0 aliphatic heterocycles. The number of nitrogens with zero attached hydrogens (tertiary/aromatic N) is 2. The van der Waals surface area contributed by atoms with Crippen molar-refractivity contribution in [3.05, 3.63) is 22.2 Å². The van der Waals surface area contributed by atoms with E-state index in [0.29, 0.717) is 17.6 Å². The van der Waals surface area contributed by atoms with Crippen LogP contribution >= 0.6 is 0 Å². The molecule has 0 fully saturated rings. The fourth-order valence-electron chi connectivity index (χ4n) is 1.66. The molecule has 1 atom stereocenters. The largest absolute Gasteiger partial charge is 0.366 e. The summed E-state index contributed by atoms with van der Waals surface area (Å²) in [5.74, 6) is 1.75. The van der Waals surface area contributed by atoms with E-state index < -0.39 is 0 Å². The molecular weight excluding hydrogens is 216 g/mol. The number of aryl methyl sites for hydroxylation is 1. The van der Waals surface area contributed by atoms with Gasteiger partial charge in [-0.05, 0) is 26.9 Å². The minimum atomic E-state index is -0.118. The number of aromatic nitrogens is 2. The van der Waals surface area contributed by atoms with Gasteiger partial charge < -0.3 is 15.2 Å². The third-order valence-electron chi connectivity index (χ3n) is 2.56. The third-order valence-corrected chi connectivity index (χ3v) is 2.56. The highest BCUT2D eigenvalue weighted by atomic mass is 16.1. The summed E-state index contributed by atoms with van der Waals surface area (Å²) in [7, 11) is 4.07. The number of likely N-dealkylation sites (N-methyl/N-ethyl adjacent to an activating group) is 1. The zero-order valence-corrected chi connectivity index (χ0v) is 11.2. The van der Waals surface area contributed by atoms with Gasteiger partial charge in [0.2, 0.25) is 0 Å². The van der Waals surface area contributed by atoms with Crippen LogP contribution in [0.15, 0.2) is 10.9 Å². The summed E-state index contributed by atoms with van der Waals surface area (Å²) < 4.78 is 0. The average molecular weight is 238 g/mol. The van der Waals surface area contributed by atoms with Crippen molar-refractivity contribution in [3.8, 4) is 0 Å². The van der Waals surface area contributed by atoms with Crippen molar-refractivity contribution in [1.82, 2.24) is 14.9 Å². The first kappa shape index (κ1) is 13.7. The van der Waals surface area contributed by atoms with Crippen LogP contribution in [0.2, 0.25) is 0 Å². The Labute approximate surface area is 102 Å². The van der Waals surface area contributed by atoms with Crippen LogP contribution in [-0.2, 0) is 0 Å². The molecule has 1 aromatic rings. The maximum absolute atomic E-state index is 11.3. The molecule has 0 radical (unpaired) electrons. The van der Waals surface area contributed by atoms with E-state index in [-0.39, 0.29) is 11.6 Å². The SMILES string of the molecule is Cc1nc(NC(CN(C)C)C(C)C)cc(=O)[nH]1. The van der Waals surface area contributed by atoms with Gasteiger partial charge in [0.05, 0.1) is 0 Å². The van der Waals surface area contributed by atoms with Gasteiger partial charge in [-0.25, -0.2) is 4.98 Å². The average Bonchev–Trinajstić information content (AvgIpc) is 2.13. The third kappa shape index (κ3) is 4.56. The highest BCUT2D eigenvalue weighted by molar-refractivity contribution is 5.34. The number of hydrogen-bond donors (Lipinski definition) is 2. The van der Waals surface area contributed by atoms with E-state index in [0.717, 1.165) is 6.54 Å². The summed E-state index contributed by atoms with van der Waals surface area (Å²) in [6.07, 6.45) is 0. The first-order chi connectivity index (χ1) is 7.88. The Morgan fingerprint density at radius 1 is 1.47 bits per heavy atom. The molecule has 1 unspecified atom stereocenters. The van der Waals surface area contributed by atoms with Gasteiger partial charge in [-0.1, -0.05) is 13.8 Å². The second-order valence-electron chi connectivity index (χ2n) is 4.97. The summed E-state index contributed by atoms with van der Waals surface area (Å²) in [6.45, 7) is 7.00. The van der Waals surface area contributed by atoms with E-state index in [1.807, 2.05) is 14.1 Å². The Kier molecular flexibility index (Phi) is 4.69. The predicted octanol–water partition coefficient (Wildman–Crippen LogP) is 1.08. The summed E-state index contributed by atoms with van der Waals surface area (Å²) in [5.41, 5.74) is -0.118. The van der Waals surface area contributed by atoms with E-state index in [9.17, 15) is 4.79 Å². The maximum Gasteiger partial charge on any atom is 0.252 e. The van der Waals surface area contributed by atoms with Crippen LogP contribution in [0.4, 0.5) is 5.82 Å². The monoisotopic (exact) mass is 238 g/mol. The molecule has 96 valence electrons. The molecule has 1 heterocycles. The lowest BCUT2D eigenvalue weighted by Gasteiger charge is -2.26. The van der Waals surface area contributed by atoms with Crippen molar-refractivity contribution in [2.24, 2.45) is 5.92 Å². The lowest BCUT2D eigenvalue weighted by atomic mass is 10.0. The molecule has 1 aromatic heterocycles. The lowest BCUT2D eigenvalue weighted by Crippen LogP contribution is -2.37. The van der Waals surface area contributed by atoms with Gasteiger partial charge >= 0.3 is 0 Å². The Bertz CT molecular complexity index is 411. The van der Waals surface area contributed by atoms with Crippen LogP contribution in [0.5, 0.6) is 0 Å². The molecular formula is C12H22N4O. The second kappa shape index (κ2) is 5.82. The molecule has 1 rings (SSSR count). The van der Waals surface area contributed by atoms with E-state index in [1.165, 1.54) is 6.07 Å². The second-order valence-corrected chi connectivity index (χ2v) is 4.97.